The molecule has 8 heteroatoms. The first kappa shape index (κ1) is 18.7. The van der Waals surface area contributed by atoms with Gasteiger partial charge >= 0.3 is 0 Å². The van der Waals surface area contributed by atoms with Crippen LogP contribution in [-0.2, 0) is 10.0 Å². The quantitative estimate of drug-likeness (QED) is 0.810. The van der Waals surface area contributed by atoms with E-state index >= 15 is 0 Å². The molecule has 0 amide bonds. The number of sulfonamides is 1. The van der Waals surface area contributed by atoms with Crippen LogP contribution in [0.4, 0.5) is 5.69 Å². The van der Waals surface area contributed by atoms with Crippen LogP contribution in [0, 0.1) is 6.92 Å². The van der Waals surface area contributed by atoms with Gasteiger partial charge in [-0.05, 0) is 30.7 Å². The average molecular weight is 367 g/mol. The highest BCUT2D eigenvalue weighted by Gasteiger charge is 2.19. The lowest BCUT2D eigenvalue weighted by Crippen LogP contribution is -2.14. The summed E-state index contributed by atoms with van der Waals surface area (Å²) < 4.78 is 48.7. The standard InChI is InChI=1S/C17H21NO6S/c1-11-8-15(22-3)17(24-5)10-13(11)18-25(19,20)12-6-7-14(21-2)16(9-12)23-4/h6-10,18H,1-5H3. The summed E-state index contributed by atoms with van der Waals surface area (Å²) >= 11 is 0. The van der Waals surface area contributed by atoms with E-state index in [1.54, 1.807) is 19.1 Å². The Labute approximate surface area is 147 Å². The van der Waals surface area contributed by atoms with E-state index in [0.717, 1.165) is 0 Å². The minimum atomic E-state index is -3.82. The first-order valence-electron chi connectivity index (χ1n) is 7.33. The second-order valence-electron chi connectivity index (χ2n) is 5.14. The summed E-state index contributed by atoms with van der Waals surface area (Å²) in [4.78, 5) is 0.0549. The molecule has 0 fully saturated rings. The zero-order valence-electron chi connectivity index (χ0n) is 14.7. The van der Waals surface area contributed by atoms with Crippen LogP contribution in [0.15, 0.2) is 35.2 Å². The van der Waals surface area contributed by atoms with Crippen molar-refractivity contribution in [3.8, 4) is 23.0 Å². The zero-order valence-corrected chi connectivity index (χ0v) is 15.6. The number of ether oxygens (including phenoxy) is 4. The molecule has 2 rings (SSSR count). The maximum Gasteiger partial charge on any atom is 0.262 e. The van der Waals surface area contributed by atoms with Gasteiger partial charge in [0.2, 0.25) is 0 Å². The van der Waals surface area contributed by atoms with Crippen molar-refractivity contribution >= 4 is 15.7 Å². The normalized spacial score (nSPS) is 10.9. The lowest BCUT2D eigenvalue weighted by Gasteiger charge is -2.15. The molecular formula is C17H21NO6S. The molecule has 0 aromatic heterocycles. The Bertz CT molecular complexity index is 864. The van der Waals surface area contributed by atoms with Gasteiger partial charge in [0, 0.05) is 12.1 Å². The molecule has 7 nitrogen and oxygen atoms in total. The summed E-state index contributed by atoms with van der Waals surface area (Å²) in [6.07, 6.45) is 0. The highest BCUT2D eigenvalue weighted by atomic mass is 32.2. The smallest absolute Gasteiger partial charge is 0.262 e. The third-order valence-electron chi connectivity index (χ3n) is 3.64. The predicted molar refractivity (Wildman–Crippen MR) is 94.6 cm³/mol. The Balaban J connectivity index is 2.42. The molecule has 0 aliphatic carbocycles. The number of methoxy groups -OCH3 is 4. The van der Waals surface area contributed by atoms with E-state index in [2.05, 4.69) is 4.72 Å². The third kappa shape index (κ3) is 3.90. The minimum Gasteiger partial charge on any atom is -0.493 e. The number of aryl methyl sites for hydroxylation is 1. The second-order valence-corrected chi connectivity index (χ2v) is 6.83. The van der Waals surface area contributed by atoms with Crippen LogP contribution in [0.25, 0.3) is 0 Å². The summed E-state index contributed by atoms with van der Waals surface area (Å²) in [5, 5.41) is 0. The van der Waals surface area contributed by atoms with Gasteiger partial charge in [0.05, 0.1) is 39.0 Å². The van der Waals surface area contributed by atoms with Gasteiger partial charge in [0.15, 0.2) is 23.0 Å². The fourth-order valence-corrected chi connectivity index (χ4v) is 3.41. The number of hydrogen-bond acceptors (Lipinski definition) is 6. The molecule has 0 unspecified atom stereocenters. The van der Waals surface area contributed by atoms with Gasteiger partial charge in [0.25, 0.3) is 10.0 Å². The highest BCUT2D eigenvalue weighted by Crippen LogP contribution is 2.35. The molecule has 0 aliphatic rings. The SMILES string of the molecule is COc1ccc(S(=O)(=O)Nc2cc(OC)c(OC)cc2C)cc1OC. The van der Waals surface area contributed by atoms with E-state index in [4.69, 9.17) is 18.9 Å². The van der Waals surface area contributed by atoms with Gasteiger partial charge in [-0.2, -0.15) is 0 Å². The van der Waals surface area contributed by atoms with Crippen molar-refractivity contribution in [2.24, 2.45) is 0 Å². The number of anilines is 1. The van der Waals surface area contributed by atoms with E-state index in [9.17, 15) is 8.42 Å². The zero-order chi connectivity index (χ0) is 18.6. The lowest BCUT2D eigenvalue weighted by atomic mass is 10.2. The van der Waals surface area contributed by atoms with Crippen molar-refractivity contribution in [1.29, 1.82) is 0 Å². The molecule has 0 radical (unpaired) electrons. The van der Waals surface area contributed by atoms with Crippen molar-refractivity contribution in [3.05, 3.63) is 35.9 Å². The molecule has 0 bridgehead atoms. The Hall–Kier alpha value is -2.61. The van der Waals surface area contributed by atoms with Crippen molar-refractivity contribution in [1.82, 2.24) is 0 Å². The molecule has 1 N–H and O–H groups in total. The fourth-order valence-electron chi connectivity index (χ4n) is 2.28. The van der Waals surface area contributed by atoms with Crippen LogP contribution in [0.2, 0.25) is 0 Å². The monoisotopic (exact) mass is 367 g/mol. The van der Waals surface area contributed by atoms with Crippen LogP contribution < -0.4 is 23.7 Å². The Morgan fingerprint density at radius 1 is 0.760 bits per heavy atom. The summed E-state index contributed by atoms with van der Waals surface area (Å²) in [6, 6.07) is 7.66. The van der Waals surface area contributed by atoms with Gasteiger partial charge in [0.1, 0.15) is 0 Å². The van der Waals surface area contributed by atoms with Crippen LogP contribution in [0.5, 0.6) is 23.0 Å². The van der Waals surface area contributed by atoms with Crippen LogP contribution in [0.3, 0.4) is 0 Å². The maximum absolute atomic E-state index is 12.7. The van der Waals surface area contributed by atoms with E-state index in [1.807, 2.05) is 0 Å². The van der Waals surface area contributed by atoms with Gasteiger partial charge in [-0.25, -0.2) is 8.42 Å². The van der Waals surface area contributed by atoms with E-state index in [1.165, 1.54) is 46.6 Å². The van der Waals surface area contributed by atoms with Crippen molar-refractivity contribution in [2.45, 2.75) is 11.8 Å². The first-order chi connectivity index (χ1) is 11.9. The molecule has 0 heterocycles. The van der Waals surface area contributed by atoms with Crippen LogP contribution >= 0.6 is 0 Å². The summed E-state index contributed by atoms with van der Waals surface area (Å²) in [5.41, 5.74) is 1.09. The number of benzene rings is 2. The molecule has 25 heavy (non-hydrogen) atoms. The fraction of sp³-hybridized carbons (Fsp3) is 0.294. The van der Waals surface area contributed by atoms with Crippen molar-refractivity contribution < 1.29 is 27.4 Å². The second kappa shape index (κ2) is 7.52. The molecule has 0 aliphatic heterocycles. The molecule has 0 atom stereocenters. The van der Waals surface area contributed by atoms with Crippen LogP contribution in [0.1, 0.15) is 5.56 Å². The highest BCUT2D eigenvalue weighted by molar-refractivity contribution is 7.92. The molecular weight excluding hydrogens is 346 g/mol. The van der Waals surface area contributed by atoms with Gasteiger partial charge in [-0.15, -0.1) is 0 Å². The molecule has 0 spiro atoms. The Morgan fingerprint density at radius 3 is 1.84 bits per heavy atom. The Kier molecular flexibility index (Phi) is 5.63. The van der Waals surface area contributed by atoms with Crippen LogP contribution in [-0.4, -0.2) is 36.9 Å². The maximum atomic E-state index is 12.7. The summed E-state index contributed by atoms with van der Waals surface area (Å²) in [7, 11) is 2.11. The first-order valence-corrected chi connectivity index (χ1v) is 8.82. The van der Waals surface area contributed by atoms with Gasteiger partial charge in [-0.1, -0.05) is 0 Å². The number of hydrogen-bond donors (Lipinski definition) is 1. The van der Waals surface area contributed by atoms with Gasteiger partial charge in [-0.3, -0.25) is 4.72 Å². The molecule has 0 saturated heterocycles. The predicted octanol–water partition coefficient (Wildman–Crippen LogP) is 2.83. The van der Waals surface area contributed by atoms with Gasteiger partial charge < -0.3 is 18.9 Å². The topological polar surface area (TPSA) is 83.1 Å². The number of rotatable bonds is 7. The summed E-state index contributed by atoms with van der Waals surface area (Å²) in [5.74, 6) is 1.73. The largest absolute Gasteiger partial charge is 0.493 e. The van der Waals surface area contributed by atoms with E-state index in [-0.39, 0.29) is 4.90 Å². The molecule has 2 aromatic carbocycles. The molecule has 136 valence electrons. The lowest BCUT2D eigenvalue weighted by molar-refractivity contribution is 0.354. The molecule has 0 saturated carbocycles. The third-order valence-corrected chi connectivity index (χ3v) is 5.00. The Morgan fingerprint density at radius 2 is 1.28 bits per heavy atom. The van der Waals surface area contributed by atoms with Crippen molar-refractivity contribution in [3.63, 3.8) is 0 Å². The minimum absolute atomic E-state index is 0.0549. The van der Waals surface area contributed by atoms with E-state index in [0.29, 0.717) is 34.2 Å². The summed E-state index contributed by atoms with van der Waals surface area (Å²) in [6.45, 7) is 1.77. The van der Waals surface area contributed by atoms with E-state index < -0.39 is 10.0 Å². The average Bonchev–Trinajstić information content (AvgIpc) is 2.62. The number of nitrogens with one attached hydrogen (secondary N) is 1. The van der Waals surface area contributed by atoms with Crippen molar-refractivity contribution in [2.75, 3.05) is 33.2 Å². The molecule has 2 aromatic rings.